The van der Waals surface area contributed by atoms with Gasteiger partial charge < -0.3 is 15.4 Å². The molecule has 1 aromatic rings. The number of hydrogen-bond acceptors (Lipinski definition) is 4. The van der Waals surface area contributed by atoms with Gasteiger partial charge in [-0.25, -0.2) is 0 Å². The third-order valence-corrected chi connectivity index (χ3v) is 2.78. The van der Waals surface area contributed by atoms with Crippen LogP contribution in [0, 0.1) is 0 Å². The summed E-state index contributed by atoms with van der Waals surface area (Å²) in [6.07, 6.45) is 6.16. The van der Waals surface area contributed by atoms with Gasteiger partial charge >= 0.3 is 0 Å². The van der Waals surface area contributed by atoms with E-state index in [1.165, 1.54) is 7.11 Å². The molecule has 0 bridgehead atoms. The van der Waals surface area contributed by atoms with Gasteiger partial charge in [-0.1, -0.05) is 6.42 Å². The maximum atomic E-state index is 12.2. The number of methoxy groups -OCH3 is 1. The van der Waals surface area contributed by atoms with Crippen molar-refractivity contribution < 1.29 is 9.53 Å². The van der Waals surface area contributed by atoms with Crippen molar-refractivity contribution in [3.8, 4) is 5.75 Å². The molecular formula is C13H21N3O2. The fourth-order valence-electron chi connectivity index (χ4n) is 1.70. The summed E-state index contributed by atoms with van der Waals surface area (Å²) in [6, 6.07) is 1.68. The van der Waals surface area contributed by atoms with Crippen LogP contribution in [0.3, 0.4) is 0 Å². The molecule has 0 aliphatic carbocycles. The van der Waals surface area contributed by atoms with Crippen LogP contribution >= 0.6 is 0 Å². The lowest BCUT2D eigenvalue weighted by Crippen LogP contribution is -2.28. The summed E-state index contributed by atoms with van der Waals surface area (Å²) < 4.78 is 5.13. The summed E-state index contributed by atoms with van der Waals surface area (Å²) in [5.41, 5.74) is 5.98. The summed E-state index contributed by atoms with van der Waals surface area (Å²) >= 11 is 0. The maximum absolute atomic E-state index is 12.2. The summed E-state index contributed by atoms with van der Waals surface area (Å²) in [4.78, 5) is 17.8. The van der Waals surface area contributed by atoms with Crippen molar-refractivity contribution in [2.45, 2.75) is 19.3 Å². The van der Waals surface area contributed by atoms with Gasteiger partial charge in [0.25, 0.3) is 5.91 Å². The van der Waals surface area contributed by atoms with Gasteiger partial charge in [-0.05, 0) is 25.5 Å². The highest BCUT2D eigenvalue weighted by molar-refractivity contribution is 5.96. The Labute approximate surface area is 108 Å². The number of rotatable bonds is 7. The Morgan fingerprint density at radius 3 is 2.89 bits per heavy atom. The first-order chi connectivity index (χ1) is 8.70. The van der Waals surface area contributed by atoms with Gasteiger partial charge in [-0.15, -0.1) is 0 Å². The fourth-order valence-corrected chi connectivity index (χ4v) is 1.70. The SMILES string of the molecule is COc1cnccc1C(=O)N(C)CCCCCN. The van der Waals surface area contributed by atoms with E-state index in [0.29, 0.717) is 17.9 Å². The molecule has 100 valence electrons. The lowest BCUT2D eigenvalue weighted by molar-refractivity contribution is 0.0789. The van der Waals surface area contributed by atoms with E-state index in [4.69, 9.17) is 10.5 Å². The number of ether oxygens (including phenoxy) is 1. The number of carbonyl (C=O) groups excluding carboxylic acids is 1. The molecule has 0 atom stereocenters. The fraction of sp³-hybridized carbons (Fsp3) is 0.538. The van der Waals surface area contributed by atoms with Crippen LogP contribution in [0.25, 0.3) is 0 Å². The predicted molar refractivity (Wildman–Crippen MR) is 70.7 cm³/mol. The summed E-state index contributed by atoms with van der Waals surface area (Å²) in [5, 5.41) is 0. The molecule has 0 saturated heterocycles. The van der Waals surface area contributed by atoms with Crippen LogP contribution in [0.15, 0.2) is 18.5 Å². The third-order valence-electron chi connectivity index (χ3n) is 2.78. The zero-order chi connectivity index (χ0) is 13.4. The van der Waals surface area contributed by atoms with Gasteiger partial charge in [0.05, 0.1) is 18.9 Å². The van der Waals surface area contributed by atoms with Crippen LogP contribution in [-0.2, 0) is 0 Å². The van der Waals surface area contributed by atoms with Crippen LogP contribution in [0.5, 0.6) is 5.75 Å². The average molecular weight is 251 g/mol. The Morgan fingerprint density at radius 2 is 2.22 bits per heavy atom. The second-order valence-corrected chi connectivity index (χ2v) is 4.15. The van der Waals surface area contributed by atoms with Crippen molar-refractivity contribution in [3.63, 3.8) is 0 Å². The number of nitrogens with zero attached hydrogens (tertiary/aromatic N) is 2. The predicted octanol–water partition coefficient (Wildman–Crippen LogP) is 1.29. The zero-order valence-corrected chi connectivity index (χ0v) is 11.1. The highest BCUT2D eigenvalue weighted by Gasteiger charge is 2.15. The maximum Gasteiger partial charge on any atom is 0.257 e. The van der Waals surface area contributed by atoms with E-state index in [2.05, 4.69) is 4.98 Å². The van der Waals surface area contributed by atoms with E-state index >= 15 is 0 Å². The zero-order valence-electron chi connectivity index (χ0n) is 11.1. The van der Waals surface area contributed by atoms with E-state index in [1.807, 2.05) is 0 Å². The molecule has 0 saturated carbocycles. The second kappa shape index (κ2) is 7.66. The highest BCUT2D eigenvalue weighted by Crippen LogP contribution is 2.17. The van der Waals surface area contributed by atoms with E-state index in [-0.39, 0.29) is 5.91 Å². The summed E-state index contributed by atoms with van der Waals surface area (Å²) in [5.74, 6) is 0.471. The van der Waals surface area contributed by atoms with Gasteiger partial charge in [0.1, 0.15) is 5.75 Å². The molecule has 0 fully saturated rings. The monoisotopic (exact) mass is 251 g/mol. The lowest BCUT2D eigenvalue weighted by atomic mass is 10.2. The average Bonchev–Trinajstić information content (AvgIpc) is 2.42. The smallest absolute Gasteiger partial charge is 0.257 e. The normalized spacial score (nSPS) is 10.2. The van der Waals surface area contributed by atoms with Gasteiger partial charge in [0.15, 0.2) is 0 Å². The van der Waals surface area contributed by atoms with Crippen molar-refractivity contribution >= 4 is 5.91 Å². The molecule has 1 heterocycles. The molecule has 0 radical (unpaired) electrons. The molecule has 0 spiro atoms. The largest absolute Gasteiger partial charge is 0.494 e. The number of hydrogen-bond donors (Lipinski definition) is 1. The minimum absolute atomic E-state index is 0.0398. The molecular weight excluding hydrogens is 230 g/mol. The lowest BCUT2D eigenvalue weighted by Gasteiger charge is -2.18. The first-order valence-corrected chi connectivity index (χ1v) is 6.14. The number of carbonyl (C=O) groups is 1. The van der Waals surface area contributed by atoms with Crippen LogP contribution in [0.4, 0.5) is 0 Å². The quantitative estimate of drug-likeness (QED) is 0.741. The molecule has 2 N–H and O–H groups in total. The minimum atomic E-state index is -0.0398. The van der Waals surface area contributed by atoms with Gasteiger partial charge in [0, 0.05) is 19.8 Å². The molecule has 18 heavy (non-hydrogen) atoms. The number of aromatic nitrogens is 1. The Kier molecular flexibility index (Phi) is 6.14. The van der Waals surface area contributed by atoms with Crippen molar-refractivity contribution in [2.75, 3.05) is 27.2 Å². The minimum Gasteiger partial charge on any atom is -0.494 e. The number of amides is 1. The van der Waals surface area contributed by atoms with Crippen LogP contribution in [0.2, 0.25) is 0 Å². The third kappa shape index (κ3) is 4.00. The Bertz CT molecular complexity index is 382. The van der Waals surface area contributed by atoms with E-state index in [1.54, 1.807) is 30.4 Å². The van der Waals surface area contributed by atoms with Crippen LogP contribution in [0.1, 0.15) is 29.6 Å². The molecule has 0 aliphatic rings. The molecule has 5 nitrogen and oxygen atoms in total. The molecule has 0 aliphatic heterocycles. The second-order valence-electron chi connectivity index (χ2n) is 4.15. The molecule has 0 aromatic carbocycles. The van der Waals surface area contributed by atoms with Crippen molar-refractivity contribution in [1.82, 2.24) is 9.88 Å². The first kappa shape index (κ1) is 14.4. The Balaban J connectivity index is 2.57. The van der Waals surface area contributed by atoms with E-state index in [0.717, 1.165) is 25.8 Å². The number of nitrogens with two attached hydrogens (primary N) is 1. The van der Waals surface area contributed by atoms with Crippen molar-refractivity contribution in [3.05, 3.63) is 24.0 Å². The molecule has 1 aromatic heterocycles. The Morgan fingerprint density at radius 1 is 1.44 bits per heavy atom. The van der Waals surface area contributed by atoms with Crippen LogP contribution in [-0.4, -0.2) is 43.0 Å². The molecule has 5 heteroatoms. The van der Waals surface area contributed by atoms with E-state index < -0.39 is 0 Å². The van der Waals surface area contributed by atoms with Crippen LogP contribution < -0.4 is 10.5 Å². The standard InChI is InChI=1S/C13H21N3O2/c1-16(9-5-3-4-7-14)13(17)11-6-8-15-10-12(11)18-2/h6,8,10H,3-5,7,9,14H2,1-2H3. The summed E-state index contributed by atoms with van der Waals surface area (Å²) in [7, 11) is 3.33. The van der Waals surface area contributed by atoms with Crippen molar-refractivity contribution in [1.29, 1.82) is 0 Å². The summed E-state index contributed by atoms with van der Waals surface area (Å²) in [6.45, 7) is 1.43. The first-order valence-electron chi connectivity index (χ1n) is 6.14. The molecule has 1 amide bonds. The van der Waals surface area contributed by atoms with E-state index in [9.17, 15) is 4.79 Å². The van der Waals surface area contributed by atoms with Gasteiger partial charge in [0.2, 0.25) is 0 Å². The Hall–Kier alpha value is -1.62. The molecule has 0 unspecified atom stereocenters. The van der Waals surface area contributed by atoms with Crippen molar-refractivity contribution in [2.24, 2.45) is 5.73 Å². The molecule has 1 rings (SSSR count). The topological polar surface area (TPSA) is 68.5 Å². The number of pyridine rings is 1. The van der Waals surface area contributed by atoms with Gasteiger partial charge in [-0.2, -0.15) is 0 Å². The highest BCUT2D eigenvalue weighted by atomic mass is 16.5. The number of unbranched alkanes of at least 4 members (excludes halogenated alkanes) is 2. The van der Waals surface area contributed by atoms with Gasteiger partial charge in [-0.3, -0.25) is 9.78 Å².